The first-order valence-corrected chi connectivity index (χ1v) is 2.87. The van der Waals surface area contributed by atoms with Crippen molar-refractivity contribution >= 4 is 0 Å². The molecule has 0 bridgehead atoms. The Morgan fingerprint density at radius 2 is 2.00 bits per heavy atom. The van der Waals surface area contributed by atoms with E-state index < -0.39 is 0 Å². The van der Waals surface area contributed by atoms with Crippen LogP contribution in [-0.4, -0.2) is 24.4 Å². The highest BCUT2D eigenvalue weighted by molar-refractivity contribution is 4.53. The van der Waals surface area contributed by atoms with Crippen molar-refractivity contribution in [3.05, 3.63) is 0 Å². The van der Waals surface area contributed by atoms with Gasteiger partial charge in [-0.1, -0.05) is 0 Å². The summed E-state index contributed by atoms with van der Waals surface area (Å²) in [6.45, 7) is 3.70. The van der Waals surface area contributed by atoms with Crippen LogP contribution >= 0.6 is 0 Å². The number of hydrogen-bond acceptors (Lipinski definition) is 2. The molecule has 0 amide bonds. The van der Waals surface area contributed by atoms with E-state index >= 15 is 0 Å². The molecule has 2 heteroatoms. The Balaban J connectivity index is 3.10. The molecule has 0 aromatic heterocycles. The third-order valence-corrected chi connectivity index (χ3v) is 1.08. The van der Waals surface area contributed by atoms with Crippen molar-refractivity contribution < 1.29 is 9.84 Å². The van der Waals surface area contributed by atoms with E-state index in [0.717, 1.165) is 6.42 Å². The van der Waals surface area contributed by atoms with E-state index in [4.69, 9.17) is 9.84 Å². The summed E-state index contributed by atoms with van der Waals surface area (Å²) < 4.78 is 4.90. The topological polar surface area (TPSA) is 29.5 Å². The molecule has 0 fully saturated rings. The summed E-state index contributed by atoms with van der Waals surface area (Å²) in [7, 11) is 1.65. The van der Waals surface area contributed by atoms with Crippen molar-refractivity contribution in [3.63, 3.8) is 0 Å². The molecule has 0 radical (unpaired) electrons. The molecule has 1 N–H and O–H groups in total. The summed E-state index contributed by atoms with van der Waals surface area (Å²) in [5.74, 6) is 0. The van der Waals surface area contributed by atoms with Gasteiger partial charge in [0.25, 0.3) is 0 Å². The van der Waals surface area contributed by atoms with Crippen molar-refractivity contribution in [2.24, 2.45) is 0 Å². The van der Waals surface area contributed by atoms with Crippen LogP contribution in [0.25, 0.3) is 0 Å². The van der Waals surface area contributed by atoms with Gasteiger partial charge in [-0.2, -0.15) is 0 Å². The van der Waals surface area contributed by atoms with Crippen LogP contribution in [0.4, 0.5) is 0 Å². The molecule has 0 spiro atoms. The zero-order valence-electron chi connectivity index (χ0n) is 5.72. The van der Waals surface area contributed by atoms with E-state index in [1.54, 1.807) is 14.0 Å². The maximum Gasteiger partial charge on any atom is 0.0567 e. The molecule has 2 atom stereocenters. The maximum atomic E-state index is 8.77. The van der Waals surface area contributed by atoms with Crippen LogP contribution < -0.4 is 0 Å². The van der Waals surface area contributed by atoms with Gasteiger partial charge in [0.1, 0.15) is 0 Å². The van der Waals surface area contributed by atoms with Crippen LogP contribution in [0.3, 0.4) is 0 Å². The van der Waals surface area contributed by atoms with Gasteiger partial charge >= 0.3 is 0 Å². The molecule has 50 valence electrons. The van der Waals surface area contributed by atoms with Gasteiger partial charge in [0.2, 0.25) is 0 Å². The van der Waals surface area contributed by atoms with Crippen LogP contribution in [0.2, 0.25) is 0 Å². The third-order valence-electron chi connectivity index (χ3n) is 1.08. The third kappa shape index (κ3) is 4.09. The van der Waals surface area contributed by atoms with Gasteiger partial charge in [-0.05, 0) is 20.3 Å². The largest absolute Gasteiger partial charge is 0.393 e. The molecule has 0 saturated carbocycles. The predicted molar refractivity (Wildman–Crippen MR) is 32.8 cm³/mol. The second-order valence-corrected chi connectivity index (χ2v) is 2.13. The van der Waals surface area contributed by atoms with E-state index in [2.05, 4.69) is 0 Å². The monoisotopic (exact) mass is 118 g/mol. The van der Waals surface area contributed by atoms with Crippen LogP contribution in [0.5, 0.6) is 0 Å². The zero-order valence-corrected chi connectivity index (χ0v) is 5.72. The number of rotatable bonds is 3. The summed E-state index contributed by atoms with van der Waals surface area (Å²) in [5.41, 5.74) is 0. The normalized spacial score (nSPS) is 18.0. The fourth-order valence-corrected chi connectivity index (χ4v) is 0.577. The Kier molecular flexibility index (Phi) is 3.83. The highest BCUT2D eigenvalue weighted by Gasteiger charge is 2.02. The quantitative estimate of drug-likeness (QED) is 0.593. The Hall–Kier alpha value is -0.0800. The first-order valence-electron chi connectivity index (χ1n) is 2.87. The lowest BCUT2D eigenvalue weighted by atomic mass is 10.2. The van der Waals surface area contributed by atoms with Gasteiger partial charge < -0.3 is 9.84 Å². The highest BCUT2D eigenvalue weighted by atomic mass is 16.5. The van der Waals surface area contributed by atoms with E-state index in [-0.39, 0.29) is 12.2 Å². The van der Waals surface area contributed by atoms with E-state index in [0.29, 0.717) is 0 Å². The Morgan fingerprint density at radius 1 is 1.50 bits per heavy atom. The van der Waals surface area contributed by atoms with Gasteiger partial charge in [-0.15, -0.1) is 0 Å². The van der Waals surface area contributed by atoms with E-state index in [9.17, 15) is 0 Å². The lowest BCUT2D eigenvalue weighted by Crippen LogP contribution is -2.13. The van der Waals surface area contributed by atoms with Gasteiger partial charge in [-0.3, -0.25) is 0 Å². The molecule has 0 saturated heterocycles. The minimum atomic E-state index is -0.245. The molecule has 0 aliphatic rings. The molecule has 0 rings (SSSR count). The second-order valence-electron chi connectivity index (χ2n) is 2.13. The molecular formula is C6H14O2. The lowest BCUT2D eigenvalue weighted by molar-refractivity contribution is 0.0635. The first kappa shape index (κ1) is 7.92. The second kappa shape index (κ2) is 3.87. The minimum Gasteiger partial charge on any atom is -0.393 e. The summed E-state index contributed by atoms with van der Waals surface area (Å²) in [5, 5.41) is 8.77. The zero-order chi connectivity index (χ0) is 6.57. The van der Waals surface area contributed by atoms with E-state index in [1.807, 2.05) is 6.92 Å². The lowest BCUT2D eigenvalue weighted by Gasteiger charge is -2.09. The first-order chi connectivity index (χ1) is 3.66. The predicted octanol–water partition coefficient (Wildman–Crippen LogP) is 0.792. The van der Waals surface area contributed by atoms with Crippen LogP contribution in [-0.2, 0) is 4.74 Å². The summed E-state index contributed by atoms with van der Waals surface area (Å²) in [6, 6.07) is 0. The Morgan fingerprint density at radius 3 is 2.12 bits per heavy atom. The van der Waals surface area contributed by atoms with Crippen LogP contribution in [0, 0.1) is 0 Å². The average molecular weight is 118 g/mol. The van der Waals surface area contributed by atoms with Crippen LogP contribution in [0.15, 0.2) is 0 Å². The molecule has 0 unspecified atom stereocenters. The van der Waals surface area contributed by atoms with Gasteiger partial charge in [0.05, 0.1) is 12.2 Å². The highest BCUT2D eigenvalue weighted by Crippen LogP contribution is 1.98. The molecule has 0 aliphatic heterocycles. The molecular weight excluding hydrogens is 104 g/mol. The number of methoxy groups -OCH3 is 1. The van der Waals surface area contributed by atoms with Crippen molar-refractivity contribution in [3.8, 4) is 0 Å². The smallest absolute Gasteiger partial charge is 0.0567 e. The van der Waals surface area contributed by atoms with Gasteiger partial charge in [0, 0.05) is 7.11 Å². The maximum absolute atomic E-state index is 8.77. The molecule has 0 aliphatic carbocycles. The van der Waals surface area contributed by atoms with Crippen LogP contribution in [0.1, 0.15) is 20.3 Å². The standard InChI is InChI=1S/C6H14O2/c1-5(7)4-6(2)8-3/h5-7H,4H2,1-3H3/t5-,6-/m0/s1. The van der Waals surface area contributed by atoms with Gasteiger partial charge in [0.15, 0.2) is 0 Å². The average Bonchev–Trinajstić information content (AvgIpc) is 1.65. The summed E-state index contributed by atoms with van der Waals surface area (Å²) in [4.78, 5) is 0. The number of aliphatic hydroxyl groups excluding tert-OH is 1. The molecule has 0 aromatic carbocycles. The fourth-order valence-electron chi connectivity index (χ4n) is 0.577. The molecule has 0 aromatic rings. The number of aliphatic hydroxyl groups is 1. The SMILES string of the molecule is CO[C@@H](C)C[C@H](C)O. The van der Waals surface area contributed by atoms with Crippen molar-refractivity contribution in [2.45, 2.75) is 32.5 Å². The van der Waals surface area contributed by atoms with Crippen molar-refractivity contribution in [1.29, 1.82) is 0 Å². The van der Waals surface area contributed by atoms with Crippen molar-refractivity contribution in [1.82, 2.24) is 0 Å². The molecule has 0 heterocycles. The van der Waals surface area contributed by atoms with Crippen molar-refractivity contribution in [2.75, 3.05) is 7.11 Å². The minimum absolute atomic E-state index is 0.176. The number of ether oxygens (including phenoxy) is 1. The Labute approximate surface area is 50.5 Å². The van der Waals surface area contributed by atoms with Gasteiger partial charge in [-0.25, -0.2) is 0 Å². The summed E-state index contributed by atoms with van der Waals surface area (Å²) in [6.07, 6.45) is 0.649. The number of hydrogen-bond donors (Lipinski definition) is 1. The Bertz CT molecular complexity index is 52.5. The van der Waals surface area contributed by atoms with E-state index in [1.165, 1.54) is 0 Å². The fraction of sp³-hybridized carbons (Fsp3) is 1.00. The molecule has 8 heavy (non-hydrogen) atoms. The molecule has 2 nitrogen and oxygen atoms in total. The summed E-state index contributed by atoms with van der Waals surface area (Å²) >= 11 is 0.